The fourth-order valence-electron chi connectivity index (χ4n) is 1.70. The van der Waals surface area contributed by atoms with Gasteiger partial charge in [-0.3, -0.25) is 4.79 Å². The summed E-state index contributed by atoms with van der Waals surface area (Å²) in [5.41, 5.74) is -0.388. The maximum atomic E-state index is 10.9. The SMILES string of the molecule is CC.CN(C)C(=O)OC(C)(C)C.O=C(O)C1CCCCC1. The highest BCUT2D eigenvalue weighted by Gasteiger charge is 2.19. The van der Waals surface area contributed by atoms with Gasteiger partial charge in [-0.15, -0.1) is 0 Å². The van der Waals surface area contributed by atoms with E-state index in [4.69, 9.17) is 9.84 Å². The van der Waals surface area contributed by atoms with Gasteiger partial charge in [0.25, 0.3) is 0 Å². The van der Waals surface area contributed by atoms with Crippen LogP contribution in [0.4, 0.5) is 4.79 Å². The van der Waals surface area contributed by atoms with E-state index in [1.165, 1.54) is 11.3 Å². The molecule has 0 unspecified atom stereocenters. The van der Waals surface area contributed by atoms with E-state index in [1.54, 1.807) is 14.1 Å². The van der Waals surface area contributed by atoms with Crippen molar-refractivity contribution in [3.63, 3.8) is 0 Å². The van der Waals surface area contributed by atoms with Crippen LogP contribution in [0.15, 0.2) is 0 Å². The lowest BCUT2D eigenvalue weighted by Gasteiger charge is -2.22. The lowest BCUT2D eigenvalue weighted by molar-refractivity contribution is -0.142. The summed E-state index contributed by atoms with van der Waals surface area (Å²) in [5, 5.41) is 8.54. The first kappa shape index (κ1) is 22.0. The molecule has 1 amide bonds. The first-order chi connectivity index (χ1) is 9.63. The molecule has 21 heavy (non-hydrogen) atoms. The minimum atomic E-state index is -0.602. The number of carbonyl (C=O) groups is 2. The van der Waals surface area contributed by atoms with E-state index in [0.717, 1.165) is 25.7 Å². The quantitative estimate of drug-likeness (QED) is 0.789. The maximum absolute atomic E-state index is 10.9. The summed E-state index contributed by atoms with van der Waals surface area (Å²) < 4.78 is 4.99. The number of hydrogen-bond acceptors (Lipinski definition) is 3. The smallest absolute Gasteiger partial charge is 0.409 e. The Morgan fingerprint density at radius 3 is 1.67 bits per heavy atom. The van der Waals surface area contributed by atoms with Gasteiger partial charge < -0.3 is 14.7 Å². The summed E-state index contributed by atoms with van der Waals surface area (Å²) in [5.74, 6) is -0.631. The number of hydrogen-bond donors (Lipinski definition) is 1. The van der Waals surface area contributed by atoms with Crippen LogP contribution in [0.3, 0.4) is 0 Å². The number of rotatable bonds is 1. The van der Waals surface area contributed by atoms with Gasteiger partial charge in [-0.25, -0.2) is 4.79 Å². The van der Waals surface area contributed by atoms with E-state index in [0.29, 0.717) is 0 Å². The molecule has 1 aliphatic rings. The fourth-order valence-corrected chi connectivity index (χ4v) is 1.70. The molecule has 0 spiro atoms. The molecule has 0 saturated heterocycles. The lowest BCUT2D eigenvalue weighted by atomic mass is 9.90. The zero-order chi connectivity index (χ0) is 17.1. The van der Waals surface area contributed by atoms with Crippen LogP contribution in [0, 0.1) is 5.92 Å². The molecule has 0 bridgehead atoms. The second-order valence-electron chi connectivity index (χ2n) is 6.05. The van der Waals surface area contributed by atoms with Crippen molar-refractivity contribution in [1.82, 2.24) is 4.90 Å². The van der Waals surface area contributed by atoms with E-state index < -0.39 is 5.97 Å². The molecule has 5 nitrogen and oxygen atoms in total. The maximum Gasteiger partial charge on any atom is 0.409 e. The van der Waals surface area contributed by atoms with E-state index in [9.17, 15) is 9.59 Å². The zero-order valence-corrected chi connectivity index (χ0v) is 14.7. The molecule has 1 saturated carbocycles. The van der Waals surface area contributed by atoms with Gasteiger partial charge in [0.2, 0.25) is 0 Å². The molecule has 0 radical (unpaired) electrons. The van der Waals surface area contributed by atoms with Crippen LogP contribution < -0.4 is 0 Å². The van der Waals surface area contributed by atoms with Crippen LogP contribution in [0.1, 0.15) is 66.7 Å². The molecule has 0 aromatic heterocycles. The Bertz CT molecular complexity index is 289. The van der Waals surface area contributed by atoms with Gasteiger partial charge >= 0.3 is 12.1 Å². The van der Waals surface area contributed by atoms with Gasteiger partial charge in [0, 0.05) is 14.1 Å². The van der Waals surface area contributed by atoms with Crippen LogP contribution in [-0.2, 0) is 9.53 Å². The minimum Gasteiger partial charge on any atom is -0.481 e. The average molecular weight is 303 g/mol. The Kier molecular flexibility index (Phi) is 12.0. The predicted molar refractivity (Wildman–Crippen MR) is 85.5 cm³/mol. The molecule has 0 atom stereocenters. The standard InChI is InChI=1S/C7H15NO2.C7H12O2.C2H6/c1-7(2,3)10-6(9)8(4)5;8-7(9)6-4-2-1-3-5-6;1-2/h1-5H3;6H,1-5H2,(H,8,9);1-2H3. The largest absolute Gasteiger partial charge is 0.481 e. The van der Waals surface area contributed by atoms with E-state index in [1.807, 2.05) is 34.6 Å². The molecular formula is C16H33NO4. The molecule has 1 fully saturated rings. The van der Waals surface area contributed by atoms with Crippen molar-refractivity contribution in [3.8, 4) is 0 Å². The van der Waals surface area contributed by atoms with Gasteiger partial charge in [0.1, 0.15) is 5.60 Å². The van der Waals surface area contributed by atoms with Gasteiger partial charge in [-0.2, -0.15) is 0 Å². The van der Waals surface area contributed by atoms with Gasteiger partial charge in [0.15, 0.2) is 0 Å². The first-order valence-corrected chi connectivity index (χ1v) is 7.76. The van der Waals surface area contributed by atoms with E-state index in [-0.39, 0.29) is 17.6 Å². The number of carboxylic acid groups (broad SMARTS) is 1. The van der Waals surface area contributed by atoms with Crippen molar-refractivity contribution in [3.05, 3.63) is 0 Å². The number of carbonyl (C=O) groups excluding carboxylic acids is 1. The normalized spacial score (nSPS) is 14.8. The van der Waals surface area contributed by atoms with E-state index in [2.05, 4.69) is 0 Å². The molecule has 1 rings (SSSR count). The summed E-state index contributed by atoms with van der Waals surface area (Å²) in [6.07, 6.45) is 4.94. The van der Waals surface area contributed by atoms with Gasteiger partial charge in [-0.05, 0) is 33.6 Å². The number of aliphatic carboxylic acids is 1. The van der Waals surface area contributed by atoms with Crippen molar-refractivity contribution in [1.29, 1.82) is 0 Å². The molecule has 0 heterocycles. The molecule has 1 aliphatic carbocycles. The van der Waals surface area contributed by atoms with E-state index >= 15 is 0 Å². The third-order valence-electron chi connectivity index (χ3n) is 2.71. The fraction of sp³-hybridized carbons (Fsp3) is 0.875. The molecule has 5 heteroatoms. The predicted octanol–water partition coefficient (Wildman–Crippen LogP) is 4.16. The Balaban J connectivity index is 0. The van der Waals surface area contributed by atoms with Crippen molar-refractivity contribution in [2.45, 2.75) is 72.3 Å². The third-order valence-corrected chi connectivity index (χ3v) is 2.71. The monoisotopic (exact) mass is 303 g/mol. The van der Waals surface area contributed by atoms with Crippen LogP contribution in [-0.4, -0.2) is 41.8 Å². The second-order valence-corrected chi connectivity index (χ2v) is 6.05. The van der Waals surface area contributed by atoms with Crippen LogP contribution >= 0.6 is 0 Å². The number of carboxylic acids is 1. The molecular weight excluding hydrogens is 270 g/mol. The van der Waals surface area contributed by atoms with Gasteiger partial charge in [-0.1, -0.05) is 33.1 Å². The summed E-state index contributed by atoms with van der Waals surface area (Å²) in [6, 6.07) is 0. The molecule has 1 N–H and O–H groups in total. The Morgan fingerprint density at radius 1 is 1.05 bits per heavy atom. The molecule has 0 aliphatic heterocycles. The number of nitrogens with zero attached hydrogens (tertiary/aromatic N) is 1. The van der Waals surface area contributed by atoms with Crippen LogP contribution in [0.5, 0.6) is 0 Å². The number of ether oxygens (including phenoxy) is 1. The Morgan fingerprint density at radius 2 is 1.48 bits per heavy atom. The second kappa shape index (κ2) is 11.4. The molecule has 0 aromatic carbocycles. The number of amides is 1. The first-order valence-electron chi connectivity index (χ1n) is 7.76. The Hall–Kier alpha value is -1.26. The minimum absolute atomic E-state index is 0.0289. The van der Waals surface area contributed by atoms with Crippen LogP contribution in [0.25, 0.3) is 0 Å². The highest BCUT2D eigenvalue weighted by Crippen LogP contribution is 2.23. The summed E-state index contributed by atoms with van der Waals surface area (Å²) >= 11 is 0. The Labute approximate surface area is 129 Å². The summed E-state index contributed by atoms with van der Waals surface area (Å²) in [6.45, 7) is 9.52. The van der Waals surface area contributed by atoms with Crippen LogP contribution in [0.2, 0.25) is 0 Å². The molecule has 0 aromatic rings. The molecule has 126 valence electrons. The van der Waals surface area contributed by atoms with Crippen molar-refractivity contribution in [2.24, 2.45) is 5.92 Å². The summed E-state index contributed by atoms with van der Waals surface area (Å²) in [7, 11) is 3.32. The average Bonchev–Trinajstić information content (AvgIpc) is 2.40. The third kappa shape index (κ3) is 13.5. The van der Waals surface area contributed by atoms with Crippen molar-refractivity contribution < 1.29 is 19.4 Å². The highest BCUT2D eigenvalue weighted by atomic mass is 16.6. The van der Waals surface area contributed by atoms with Crippen molar-refractivity contribution in [2.75, 3.05) is 14.1 Å². The lowest BCUT2D eigenvalue weighted by Crippen LogP contribution is -2.31. The van der Waals surface area contributed by atoms with Gasteiger partial charge in [0.05, 0.1) is 5.92 Å². The zero-order valence-electron chi connectivity index (χ0n) is 14.7. The van der Waals surface area contributed by atoms with Crippen molar-refractivity contribution >= 4 is 12.1 Å². The summed E-state index contributed by atoms with van der Waals surface area (Å²) in [4.78, 5) is 22.6. The topological polar surface area (TPSA) is 66.8 Å². The highest BCUT2D eigenvalue weighted by molar-refractivity contribution is 5.69.